The highest BCUT2D eigenvalue weighted by molar-refractivity contribution is 8.01. The van der Waals surface area contributed by atoms with Crippen molar-refractivity contribution < 1.29 is 14.8 Å². The van der Waals surface area contributed by atoms with Gasteiger partial charge in [0.05, 0.1) is 21.2 Å². The number of carboxylic acids is 1. The zero-order valence-electron chi connectivity index (χ0n) is 13.1. The molecule has 6 nitrogen and oxygen atoms in total. The molecule has 132 valence electrons. The minimum absolute atomic E-state index is 0.00232. The van der Waals surface area contributed by atoms with Crippen molar-refractivity contribution in [1.82, 2.24) is 4.98 Å². The fourth-order valence-corrected chi connectivity index (χ4v) is 4.24. The molecule has 0 radical (unpaired) electrons. The van der Waals surface area contributed by atoms with Crippen LogP contribution >= 0.6 is 34.7 Å². The van der Waals surface area contributed by atoms with E-state index in [4.69, 9.17) is 16.7 Å². The number of thioether (sulfide) groups is 1. The van der Waals surface area contributed by atoms with Gasteiger partial charge in [-0.1, -0.05) is 35.5 Å². The van der Waals surface area contributed by atoms with Crippen molar-refractivity contribution in [2.75, 3.05) is 5.75 Å². The Bertz CT molecular complexity index is 956. The summed E-state index contributed by atoms with van der Waals surface area (Å²) < 4.78 is 0.616. The van der Waals surface area contributed by atoms with Gasteiger partial charge in [-0.25, -0.2) is 4.98 Å². The van der Waals surface area contributed by atoms with Crippen molar-refractivity contribution >= 4 is 46.4 Å². The summed E-state index contributed by atoms with van der Waals surface area (Å²) in [5, 5.41) is 20.3. The quantitative estimate of drug-likeness (QED) is 0.343. The molecular weight excluding hydrogens is 396 g/mol. The van der Waals surface area contributed by atoms with Gasteiger partial charge in [0.15, 0.2) is 4.34 Å². The van der Waals surface area contributed by atoms with Gasteiger partial charge in [0.1, 0.15) is 0 Å². The van der Waals surface area contributed by atoms with Crippen molar-refractivity contribution in [2.45, 2.75) is 4.34 Å². The van der Waals surface area contributed by atoms with E-state index in [2.05, 4.69) is 4.98 Å². The van der Waals surface area contributed by atoms with E-state index in [9.17, 15) is 14.9 Å². The molecule has 1 heterocycles. The van der Waals surface area contributed by atoms with Gasteiger partial charge in [-0.2, -0.15) is 0 Å². The van der Waals surface area contributed by atoms with Crippen molar-refractivity contribution in [3.05, 3.63) is 63.7 Å². The summed E-state index contributed by atoms with van der Waals surface area (Å²) in [4.78, 5) is 26.6. The normalized spacial score (nSPS) is 10.7. The summed E-state index contributed by atoms with van der Waals surface area (Å²) in [6.07, 6.45) is 0. The van der Waals surface area contributed by atoms with E-state index >= 15 is 0 Å². The Kier molecular flexibility index (Phi) is 5.55. The minimum Gasteiger partial charge on any atom is -0.481 e. The Hall–Kier alpha value is -2.42. The number of carboxylic acid groups (broad SMARTS) is 1. The summed E-state index contributed by atoms with van der Waals surface area (Å²) in [6.45, 7) is 0. The fraction of sp³-hybridized carbons (Fsp3) is 0.0588. The summed E-state index contributed by atoms with van der Waals surface area (Å²) in [6, 6.07) is 13.4. The Morgan fingerprint density at radius 2 is 1.77 bits per heavy atom. The average Bonchev–Trinajstić information content (AvgIpc) is 3.05. The number of non-ortho nitro benzene ring substituents is 1. The van der Waals surface area contributed by atoms with E-state index in [1.165, 1.54) is 23.5 Å². The third-order valence-electron chi connectivity index (χ3n) is 3.38. The molecule has 9 heteroatoms. The zero-order chi connectivity index (χ0) is 18.7. The molecule has 0 spiro atoms. The van der Waals surface area contributed by atoms with Gasteiger partial charge in [-0.3, -0.25) is 14.9 Å². The smallest absolute Gasteiger partial charge is 0.313 e. The third kappa shape index (κ3) is 4.21. The molecular formula is C17H11ClN2O4S2. The maximum atomic E-state index is 10.8. The van der Waals surface area contributed by atoms with Gasteiger partial charge >= 0.3 is 5.97 Å². The number of nitro benzene ring substituents is 1. The number of benzene rings is 2. The number of rotatable bonds is 6. The zero-order valence-corrected chi connectivity index (χ0v) is 15.5. The Labute approximate surface area is 161 Å². The SMILES string of the molecule is O=C(O)CSc1nc(-c2ccc([N+](=O)[O-])cc2)c(-c2ccc(Cl)cc2)s1. The third-order valence-corrected chi connectivity index (χ3v) is 5.87. The molecule has 0 aliphatic carbocycles. The van der Waals surface area contributed by atoms with Crippen LogP contribution in [-0.2, 0) is 4.79 Å². The molecule has 0 aliphatic heterocycles. The van der Waals surface area contributed by atoms with Crippen molar-refractivity contribution in [2.24, 2.45) is 0 Å². The lowest BCUT2D eigenvalue weighted by molar-refractivity contribution is -0.384. The Morgan fingerprint density at radius 1 is 1.15 bits per heavy atom. The molecule has 0 atom stereocenters. The first kappa shape index (κ1) is 18.4. The average molecular weight is 407 g/mol. The van der Waals surface area contributed by atoms with Crippen LogP contribution in [0.3, 0.4) is 0 Å². The van der Waals surface area contributed by atoms with Crippen LogP contribution in [0.25, 0.3) is 21.7 Å². The number of aliphatic carboxylic acids is 1. The largest absolute Gasteiger partial charge is 0.481 e. The molecule has 0 unspecified atom stereocenters. The first-order valence-corrected chi connectivity index (χ1v) is 9.48. The lowest BCUT2D eigenvalue weighted by atomic mass is 10.1. The van der Waals surface area contributed by atoms with Gasteiger partial charge < -0.3 is 5.11 Å². The lowest BCUT2D eigenvalue weighted by Gasteiger charge is -2.03. The standard InChI is InChI=1S/C17H11ClN2O4S2/c18-12-5-1-11(2-6-12)16-15(19-17(26-16)25-9-14(21)22)10-3-7-13(8-4-10)20(23)24/h1-8H,9H2,(H,21,22). The second kappa shape index (κ2) is 7.86. The number of carbonyl (C=O) groups is 1. The molecule has 2 aromatic carbocycles. The van der Waals surface area contributed by atoms with Crippen LogP contribution in [0, 0.1) is 10.1 Å². The summed E-state index contributed by atoms with van der Waals surface area (Å²) in [7, 11) is 0. The summed E-state index contributed by atoms with van der Waals surface area (Å²) >= 11 is 8.46. The van der Waals surface area contributed by atoms with Gasteiger partial charge in [0.2, 0.25) is 0 Å². The monoisotopic (exact) mass is 406 g/mol. The van der Waals surface area contributed by atoms with Crippen LogP contribution in [0.4, 0.5) is 5.69 Å². The highest BCUT2D eigenvalue weighted by atomic mass is 35.5. The van der Waals surface area contributed by atoms with Crippen LogP contribution in [0.15, 0.2) is 52.9 Å². The Balaban J connectivity index is 2.04. The van der Waals surface area contributed by atoms with Crippen LogP contribution in [0.1, 0.15) is 0 Å². The second-order valence-corrected chi connectivity index (χ2v) is 7.81. The predicted octanol–water partition coefficient (Wildman–Crippen LogP) is 5.22. The number of hydrogen-bond donors (Lipinski definition) is 1. The molecule has 0 aliphatic rings. The molecule has 3 rings (SSSR count). The molecule has 3 aromatic rings. The number of thiazole rings is 1. The van der Waals surface area contributed by atoms with Gasteiger partial charge in [-0.05, 0) is 29.8 Å². The van der Waals surface area contributed by atoms with Crippen LogP contribution < -0.4 is 0 Å². The molecule has 0 amide bonds. The van der Waals surface area contributed by atoms with Crippen molar-refractivity contribution in [3.8, 4) is 21.7 Å². The van der Waals surface area contributed by atoms with Crippen LogP contribution in [0.2, 0.25) is 5.02 Å². The molecule has 0 bridgehead atoms. The van der Waals surface area contributed by atoms with Crippen molar-refractivity contribution in [1.29, 1.82) is 0 Å². The topological polar surface area (TPSA) is 93.3 Å². The number of aromatic nitrogens is 1. The maximum Gasteiger partial charge on any atom is 0.313 e. The fourth-order valence-electron chi connectivity index (χ4n) is 2.22. The van der Waals surface area contributed by atoms with Gasteiger partial charge in [0, 0.05) is 22.7 Å². The first-order chi connectivity index (χ1) is 12.4. The van der Waals surface area contributed by atoms with Crippen molar-refractivity contribution in [3.63, 3.8) is 0 Å². The number of halogens is 1. The van der Waals surface area contributed by atoms with Crippen LogP contribution in [-0.4, -0.2) is 26.7 Å². The first-order valence-electron chi connectivity index (χ1n) is 7.30. The Morgan fingerprint density at radius 3 is 2.35 bits per heavy atom. The van der Waals surface area contributed by atoms with E-state index < -0.39 is 10.9 Å². The summed E-state index contributed by atoms with van der Waals surface area (Å²) in [5.74, 6) is -1.01. The minimum atomic E-state index is -0.921. The highest BCUT2D eigenvalue weighted by Crippen LogP contribution is 2.40. The molecule has 0 saturated heterocycles. The molecule has 1 aromatic heterocycles. The lowest BCUT2D eigenvalue weighted by Crippen LogP contribution is -1.96. The van der Waals surface area contributed by atoms with E-state index in [0.29, 0.717) is 15.1 Å². The number of nitrogens with zero attached hydrogens (tertiary/aromatic N) is 2. The number of hydrogen-bond acceptors (Lipinski definition) is 6. The van der Waals surface area contributed by atoms with E-state index in [1.807, 2.05) is 12.1 Å². The summed E-state index contributed by atoms with van der Waals surface area (Å²) in [5.41, 5.74) is 2.26. The van der Waals surface area contributed by atoms with Crippen LogP contribution in [0.5, 0.6) is 0 Å². The maximum absolute atomic E-state index is 10.8. The van der Waals surface area contributed by atoms with Gasteiger partial charge in [-0.15, -0.1) is 11.3 Å². The predicted molar refractivity (Wildman–Crippen MR) is 103 cm³/mol. The molecule has 1 N–H and O–H groups in total. The number of nitro groups is 1. The highest BCUT2D eigenvalue weighted by Gasteiger charge is 2.17. The molecule has 0 saturated carbocycles. The second-order valence-electron chi connectivity index (χ2n) is 5.15. The molecule has 0 fully saturated rings. The van der Waals surface area contributed by atoms with E-state index in [0.717, 1.165) is 27.8 Å². The van der Waals surface area contributed by atoms with E-state index in [-0.39, 0.29) is 11.4 Å². The molecule has 26 heavy (non-hydrogen) atoms. The van der Waals surface area contributed by atoms with E-state index in [1.54, 1.807) is 24.3 Å². The van der Waals surface area contributed by atoms with Gasteiger partial charge in [0.25, 0.3) is 5.69 Å².